The molecule has 0 amide bonds. The molecule has 1 aromatic carbocycles. The number of ether oxygens (including phenoxy) is 2. The molecule has 0 spiro atoms. The molecule has 0 saturated heterocycles. The van der Waals surface area contributed by atoms with Crippen molar-refractivity contribution in [1.82, 2.24) is 0 Å². The Morgan fingerprint density at radius 3 is 1.56 bits per heavy atom. The van der Waals surface area contributed by atoms with Gasteiger partial charge in [-0.1, -0.05) is 88.3 Å². The SMILES string of the molecule is CCOC(=O)C(CCCCCCCCCCCCCCOS(=O)(=O)c1ccc(C)cc1)C(=O)OCC. The maximum atomic E-state index is 12.1. The molecule has 0 aromatic heterocycles. The Labute approximate surface area is 218 Å². The summed E-state index contributed by atoms with van der Waals surface area (Å²) in [6, 6.07) is 6.71. The van der Waals surface area contributed by atoms with Crippen molar-refractivity contribution in [3.05, 3.63) is 29.8 Å². The van der Waals surface area contributed by atoms with E-state index in [1.54, 1.807) is 38.1 Å². The summed E-state index contributed by atoms with van der Waals surface area (Å²) in [5, 5.41) is 0. The van der Waals surface area contributed by atoms with Gasteiger partial charge in [-0.3, -0.25) is 13.8 Å². The van der Waals surface area contributed by atoms with Gasteiger partial charge in [0.25, 0.3) is 10.1 Å². The highest BCUT2D eigenvalue weighted by Crippen LogP contribution is 2.17. The van der Waals surface area contributed by atoms with Crippen LogP contribution in [0.25, 0.3) is 0 Å². The maximum absolute atomic E-state index is 12.1. The smallest absolute Gasteiger partial charge is 0.320 e. The predicted octanol–water partition coefficient (Wildman–Crippen LogP) is 6.51. The molecule has 0 aliphatic carbocycles. The molecule has 0 N–H and O–H groups in total. The lowest BCUT2D eigenvalue weighted by atomic mass is 9.99. The monoisotopic (exact) mass is 526 g/mol. The van der Waals surface area contributed by atoms with Gasteiger partial charge in [0, 0.05) is 0 Å². The highest BCUT2D eigenvalue weighted by molar-refractivity contribution is 7.86. The molecule has 0 atom stereocenters. The number of benzene rings is 1. The topological polar surface area (TPSA) is 96.0 Å². The first kappa shape index (κ1) is 32.1. The first-order chi connectivity index (χ1) is 17.3. The molecule has 8 heteroatoms. The van der Waals surface area contributed by atoms with Crippen LogP contribution in [0.4, 0.5) is 0 Å². The summed E-state index contributed by atoms with van der Waals surface area (Å²) in [7, 11) is -3.65. The molecule has 0 aliphatic heterocycles. The molecule has 0 unspecified atom stereocenters. The van der Waals surface area contributed by atoms with Crippen LogP contribution in [0.15, 0.2) is 29.2 Å². The van der Waals surface area contributed by atoms with Gasteiger partial charge in [0.05, 0.1) is 24.7 Å². The zero-order valence-electron chi connectivity index (χ0n) is 22.5. The van der Waals surface area contributed by atoms with Crippen LogP contribution < -0.4 is 0 Å². The van der Waals surface area contributed by atoms with E-state index in [0.29, 0.717) is 6.42 Å². The molecule has 0 heterocycles. The average molecular weight is 527 g/mol. The Balaban J connectivity index is 1.98. The maximum Gasteiger partial charge on any atom is 0.320 e. The van der Waals surface area contributed by atoms with Gasteiger partial charge in [-0.05, 0) is 45.7 Å². The van der Waals surface area contributed by atoms with E-state index in [0.717, 1.165) is 56.9 Å². The number of aryl methyl sites for hydroxylation is 1. The van der Waals surface area contributed by atoms with Crippen LogP contribution in [0.2, 0.25) is 0 Å². The van der Waals surface area contributed by atoms with Crippen molar-refractivity contribution in [3.8, 4) is 0 Å². The summed E-state index contributed by atoms with van der Waals surface area (Å²) in [6.07, 6.45) is 13.4. The lowest BCUT2D eigenvalue weighted by Crippen LogP contribution is -2.28. The standard InChI is InChI=1S/C28H46O7S/c1-4-33-27(29)26(28(30)34-5-2)18-16-14-12-10-8-6-7-9-11-13-15-17-23-35-36(31,32)25-21-19-24(3)20-22-25/h19-22,26H,4-18,23H2,1-3H3. The van der Waals surface area contributed by atoms with Gasteiger partial charge < -0.3 is 9.47 Å². The lowest BCUT2D eigenvalue weighted by molar-refractivity contribution is -0.161. The second-order valence-electron chi connectivity index (χ2n) is 9.18. The van der Waals surface area contributed by atoms with Crippen molar-refractivity contribution in [3.63, 3.8) is 0 Å². The van der Waals surface area contributed by atoms with Crippen molar-refractivity contribution in [2.45, 2.75) is 109 Å². The lowest BCUT2D eigenvalue weighted by Gasteiger charge is -2.14. The van der Waals surface area contributed by atoms with Crippen LogP contribution in [-0.4, -0.2) is 40.2 Å². The van der Waals surface area contributed by atoms with Crippen molar-refractivity contribution in [2.24, 2.45) is 5.92 Å². The molecule has 0 bridgehead atoms. The first-order valence-corrected chi connectivity index (χ1v) is 15.0. The molecule has 206 valence electrons. The number of esters is 2. The van der Waals surface area contributed by atoms with Crippen LogP contribution in [0.1, 0.15) is 103 Å². The summed E-state index contributed by atoms with van der Waals surface area (Å²) in [5.74, 6) is -1.75. The van der Waals surface area contributed by atoms with Crippen LogP contribution >= 0.6 is 0 Å². The van der Waals surface area contributed by atoms with Gasteiger partial charge in [-0.25, -0.2) is 0 Å². The van der Waals surface area contributed by atoms with Gasteiger partial charge in [-0.15, -0.1) is 0 Å². The summed E-state index contributed by atoms with van der Waals surface area (Å²) in [5.41, 5.74) is 1.02. The summed E-state index contributed by atoms with van der Waals surface area (Å²) in [6.45, 7) is 6.15. The number of hydrogen-bond acceptors (Lipinski definition) is 7. The fourth-order valence-electron chi connectivity index (χ4n) is 3.98. The third kappa shape index (κ3) is 14.0. The zero-order chi connectivity index (χ0) is 26.7. The molecule has 0 fully saturated rings. The Morgan fingerprint density at radius 1 is 0.694 bits per heavy atom. The van der Waals surface area contributed by atoms with Crippen LogP contribution in [0, 0.1) is 12.8 Å². The van der Waals surface area contributed by atoms with Crippen molar-refractivity contribution < 1.29 is 31.7 Å². The van der Waals surface area contributed by atoms with Crippen LogP contribution in [0.5, 0.6) is 0 Å². The van der Waals surface area contributed by atoms with Gasteiger partial charge in [0.1, 0.15) is 0 Å². The second kappa shape index (κ2) is 19.2. The second-order valence-corrected chi connectivity index (χ2v) is 10.8. The number of carbonyl (C=O) groups excluding carboxylic acids is 2. The molecule has 36 heavy (non-hydrogen) atoms. The fourth-order valence-corrected chi connectivity index (χ4v) is 4.92. The molecular weight excluding hydrogens is 480 g/mol. The third-order valence-corrected chi connectivity index (χ3v) is 7.40. The summed E-state index contributed by atoms with van der Waals surface area (Å²) < 4.78 is 39.4. The van der Waals surface area contributed by atoms with E-state index in [1.165, 1.54) is 25.7 Å². The van der Waals surface area contributed by atoms with Crippen molar-refractivity contribution in [1.29, 1.82) is 0 Å². The Kier molecular flexibility index (Phi) is 17.1. The highest BCUT2D eigenvalue weighted by atomic mass is 32.2. The number of hydrogen-bond donors (Lipinski definition) is 0. The van der Waals surface area contributed by atoms with Crippen LogP contribution in [-0.2, 0) is 33.4 Å². The predicted molar refractivity (Wildman–Crippen MR) is 141 cm³/mol. The Morgan fingerprint density at radius 2 is 1.11 bits per heavy atom. The molecule has 1 aromatic rings. The molecule has 1 rings (SSSR count). The van der Waals surface area contributed by atoms with E-state index in [-0.39, 0.29) is 24.7 Å². The van der Waals surface area contributed by atoms with E-state index in [1.807, 2.05) is 6.92 Å². The van der Waals surface area contributed by atoms with E-state index in [9.17, 15) is 18.0 Å². The fraction of sp³-hybridized carbons (Fsp3) is 0.714. The van der Waals surface area contributed by atoms with Gasteiger partial charge >= 0.3 is 11.9 Å². The number of rotatable bonds is 21. The van der Waals surface area contributed by atoms with Gasteiger partial charge in [0.15, 0.2) is 5.92 Å². The minimum Gasteiger partial charge on any atom is -0.465 e. The number of unbranched alkanes of at least 4 members (excludes halogenated alkanes) is 11. The largest absolute Gasteiger partial charge is 0.465 e. The quantitative estimate of drug-likeness (QED) is 0.0779. The van der Waals surface area contributed by atoms with Gasteiger partial charge in [0.2, 0.25) is 0 Å². The van der Waals surface area contributed by atoms with Crippen molar-refractivity contribution >= 4 is 22.1 Å². The average Bonchev–Trinajstić information content (AvgIpc) is 2.84. The minimum absolute atomic E-state index is 0.214. The third-order valence-electron chi connectivity index (χ3n) is 6.08. The van der Waals surface area contributed by atoms with E-state index in [4.69, 9.17) is 13.7 Å². The van der Waals surface area contributed by atoms with E-state index < -0.39 is 28.0 Å². The van der Waals surface area contributed by atoms with E-state index >= 15 is 0 Å². The summed E-state index contributed by atoms with van der Waals surface area (Å²) in [4.78, 5) is 24.2. The molecule has 0 radical (unpaired) electrons. The molecule has 0 saturated carbocycles. The Hall–Kier alpha value is -1.93. The normalized spacial score (nSPS) is 11.6. The molecular formula is C28H46O7S. The zero-order valence-corrected chi connectivity index (χ0v) is 23.3. The summed E-state index contributed by atoms with van der Waals surface area (Å²) >= 11 is 0. The highest BCUT2D eigenvalue weighted by Gasteiger charge is 2.28. The van der Waals surface area contributed by atoms with Gasteiger partial charge in [-0.2, -0.15) is 8.42 Å². The first-order valence-electron chi connectivity index (χ1n) is 13.6. The molecule has 0 aliphatic rings. The van der Waals surface area contributed by atoms with Crippen molar-refractivity contribution in [2.75, 3.05) is 19.8 Å². The minimum atomic E-state index is -3.65. The Bertz CT molecular complexity index is 816. The molecule has 7 nitrogen and oxygen atoms in total. The van der Waals surface area contributed by atoms with E-state index in [2.05, 4.69) is 0 Å². The van der Waals surface area contributed by atoms with Crippen LogP contribution in [0.3, 0.4) is 0 Å². The number of carbonyl (C=O) groups is 2.